The van der Waals surface area contributed by atoms with Crippen LogP contribution in [0.4, 0.5) is 0 Å². The van der Waals surface area contributed by atoms with Crippen molar-refractivity contribution in [1.82, 2.24) is 9.21 Å². The smallest absolute Gasteiger partial charge is 0.252 e. The molecule has 3 heterocycles. The van der Waals surface area contributed by atoms with Gasteiger partial charge in [0.15, 0.2) is 0 Å². The number of hydrogen-bond acceptors (Lipinski definition) is 4. The zero-order valence-electron chi connectivity index (χ0n) is 10.8. The van der Waals surface area contributed by atoms with Gasteiger partial charge in [0.05, 0.1) is 3.79 Å². The van der Waals surface area contributed by atoms with Crippen LogP contribution in [-0.4, -0.2) is 49.8 Å². The van der Waals surface area contributed by atoms with Gasteiger partial charge in [0.25, 0.3) is 10.0 Å². The fourth-order valence-electron chi connectivity index (χ4n) is 3.06. The van der Waals surface area contributed by atoms with Crippen LogP contribution in [0.5, 0.6) is 0 Å². The van der Waals surface area contributed by atoms with Gasteiger partial charge in [-0.3, -0.25) is 4.90 Å². The van der Waals surface area contributed by atoms with Crippen molar-refractivity contribution in [3.63, 3.8) is 0 Å². The Morgan fingerprint density at radius 3 is 2.68 bits per heavy atom. The summed E-state index contributed by atoms with van der Waals surface area (Å²) < 4.78 is 28.2. The molecule has 2 fully saturated rings. The van der Waals surface area contributed by atoms with E-state index in [1.165, 1.54) is 17.8 Å². The molecule has 2 saturated heterocycles. The topological polar surface area (TPSA) is 40.6 Å². The molecule has 3 rings (SSSR count). The van der Waals surface area contributed by atoms with Crippen molar-refractivity contribution in [1.29, 1.82) is 0 Å². The third-order valence-electron chi connectivity index (χ3n) is 4.25. The van der Waals surface area contributed by atoms with Crippen LogP contribution in [0, 0.1) is 0 Å². The van der Waals surface area contributed by atoms with Crippen molar-refractivity contribution in [3.05, 3.63) is 15.9 Å². The second-order valence-corrected chi connectivity index (χ2v) is 9.89. The molecule has 0 aromatic carbocycles. The number of rotatable bonds is 2. The lowest BCUT2D eigenvalue weighted by Crippen LogP contribution is -2.39. The maximum Gasteiger partial charge on any atom is 0.252 e. The summed E-state index contributed by atoms with van der Waals surface area (Å²) in [5.74, 6) is 0. The van der Waals surface area contributed by atoms with Crippen molar-refractivity contribution in [2.75, 3.05) is 20.1 Å². The van der Waals surface area contributed by atoms with Crippen LogP contribution in [0.3, 0.4) is 0 Å². The van der Waals surface area contributed by atoms with Crippen LogP contribution in [0.15, 0.2) is 20.1 Å². The van der Waals surface area contributed by atoms with Crippen molar-refractivity contribution in [2.45, 2.75) is 35.6 Å². The molecule has 2 bridgehead atoms. The Balaban J connectivity index is 1.86. The van der Waals surface area contributed by atoms with E-state index in [4.69, 9.17) is 0 Å². The Bertz CT molecular complexity index is 572. The molecule has 106 valence electrons. The fraction of sp³-hybridized carbons (Fsp3) is 0.667. The number of sulfonamides is 1. The van der Waals surface area contributed by atoms with E-state index in [1.54, 1.807) is 16.4 Å². The molecular weight excluding hydrogens is 348 g/mol. The van der Waals surface area contributed by atoms with E-state index in [9.17, 15) is 8.42 Å². The van der Waals surface area contributed by atoms with E-state index < -0.39 is 10.0 Å². The molecule has 0 aliphatic carbocycles. The molecule has 2 aliphatic rings. The Labute approximate surface area is 126 Å². The van der Waals surface area contributed by atoms with Crippen molar-refractivity contribution in [2.24, 2.45) is 0 Å². The summed E-state index contributed by atoms with van der Waals surface area (Å²) in [6.45, 7) is 1.27. The van der Waals surface area contributed by atoms with Crippen LogP contribution in [-0.2, 0) is 10.0 Å². The first-order chi connectivity index (χ1) is 8.98. The molecule has 2 unspecified atom stereocenters. The van der Waals surface area contributed by atoms with Gasteiger partial charge in [-0.05, 0) is 54.4 Å². The van der Waals surface area contributed by atoms with Crippen molar-refractivity contribution < 1.29 is 8.42 Å². The largest absolute Gasteiger partial charge is 0.299 e. The van der Waals surface area contributed by atoms with E-state index in [1.807, 2.05) is 0 Å². The number of nitrogens with zero attached hydrogens (tertiary/aromatic N) is 2. The van der Waals surface area contributed by atoms with Gasteiger partial charge >= 0.3 is 0 Å². The lowest BCUT2D eigenvalue weighted by atomic mass is 10.1. The summed E-state index contributed by atoms with van der Waals surface area (Å²) in [5.41, 5.74) is 0. The highest BCUT2D eigenvalue weighted by Gasteiger charge is 2.38. The minimum atomic E-state index is -3.32. The zero-order valence-corrected chi connectivity index (χ0v) is 14.0. The summed E-state index contributed by atoms with van der Waals surface area (Å²) in [7, 11) is -1.19. The third-order valence-corrected chi connectivity index (χ3v) is 8.21. The van der Waals surface area contributed by atoms with Crippen LogP contribution < -0.4 is 0 Å². The summed E-state index contributed by atoms with van der Waals surface area (Å²) in [6, 6.07) is 4.43. The molecule has 0 amide bonds. The van der Waals surface area contributed by atoms with Gasteiger partial charge in [-0.15, -0.1) is 11.3 Å². The summed E-state index contributed by atoms with van der Waals surface area (Å²) in [5, 5.41) is 0. The predicted molar refractivity (Wildman–Crippen MR) is 80.0 cm³/mol. The van der Waals surface area contributed by atoms with Gasteiger partial charge in [0.1, 0.15) is 4.21 Å². The molecule has 4 nitrogen and oxygen atoms in total. The second kappa shape index (κ2) is 5.11. The second-order valence-electron chi connectivity index (χ2n) is 5.26. The normalized spacial score (nSPS) is 29.6. The first kappa shape index (κ1) is 14.0. The molecule has 0 saturated carbocycles. The van der Waals surface area contributed by atoms with Crippen molar-refractivity contribution >= 4 is 37.3 Å². The molecule has 7 heteroatoms. The monoisotopic (exact) mass is 364 g/mol. The minimum Gasteiger partial charge on any atom is -0.299 e. The lowest BCUT2D eigenvalue weighted by molar-refractivity contribution is 0.247. The number of thiophene rings is 1. The van der Waals surface area contributed by atoms with Crippen molar-refractivity contribution in [3.8, 4) is 0 Å². The molecule has 2 aliphatic heterocycles. The quantitative estimate of drug-likeness (QED) is 0.808. The number of halogens is 1. The Hall–Kier alpha value is 0.0500. The van der Waals surface area contributed by atoms with E-state index in [2.05, 4.69) is 27.9 Å². The SMILES string of the molecule is CN1C2CCC1CN(S(=O)(=O)c1ccc(Br)s1)CC2. The standard InChI is InChI=1S/C12H17BrN2O2S2/c1-14-9-2-3-10(14)8-15(7-6-9)19(16,17)12-5-4-11(13)18-12/h4-5,9-10H,2-3,6-8H2,1H3. The van der Waals surface area contributed by atoms with E-state index in [-0.39, 0.29) is 0 Å². The molecule has 2 atom stereocenters. The molecule has 0 N–H and O–H groups in total. The Morgan fingerprint density at radius 1 is 1.26 bits per heavy atom. The van der Waals surface area contributed by atoms with Gasteiger partial charge in [0, 0.05) is 25.2 Å². The van der Waals surface area contributed by atoms with Crippen LogP contribution >= 0.6 is 27.3 Å². The number of fused-ring (bicyclic) bond motifs is 2. The molecule has 19 heavy (non-hydrogen) atoms. The minimum absolute atomic E-state index is 0.380. The molecule has 1 aromatic rings. The van der Waals surface area contributed by atoms with Crippen LogP contribution in [0.1, 0.15) is 19.3 Å². The third kappa shape index (κ3) is 2.51. The molecular formula is C12H17BrN2O2S2. The van der Waals surface area contributed by atoms with E-state index in [0.29, 0.717) is 29.4 Å². The van der Waals surface area contributed by atoms with E-state index in [0.717, 1.165) is 16.6 Å². The highest BCUT2D eigenvalue weighted by atomic mass is 79.9. The Kier molecular flexibility index (Phi) is 3.77. The maximum atomic E-state index is 12.6. The first-order valence-electron chi connectivity index (χ1n) is 6.46. The lowest BCUT2D eigenvalue weighted by Gasteiger charge is -2.24. The average Bonchev–Trinajstić information content (AvgIpc) is 2.84. The molecule has 1 aromatic heterocycles. The van der Waals surface area contributed by atoms with Crippen LogP contribution in [0.25, 0.3) is 0 Å². The fourth-order valence-corrected chi connectivity index (χ4v) is 6.72. The Morgan fingerprint density at radius 2 is 2.00 bits per heavy atom. The average molecular weight is 365 g/mol. The summed E-state index contributed by atoms with van der Waals surface area (Å²) in [6.07, 6.45) is 3.26. The predicted octanol–water partition coefficient (Wildman–Crippen LogP) is 2.37. The molecule has 0 spiro atoms. The summed E-state index contributed by atoms with van der Waals surface area (Å²) in [4.78, 5) is 2.36. The summed E-state index contributed by atoms with van der Waals surface area (Å²) >= 11 is 4.62. The number of hydrogen-bond donors (Lipinski definition) is 0. The van der Waals surface area contributed by atoms with Gasteiger partial charge < -0.3 is 0 Å². The molecule has 0 radical (unpaired) electrons. The van der Waals surface area contributed by atoms with E-state index >= 15 is 0 Å². The highest BCUT2D eigenvalue weighted by Crippen LogP contribution is 2.33. The highest BCUT2D eigenvalue weighted by molar-refractivity contribution is 9.11. The van der Waals surface area contributed by atoms with Crippen LogP contribution in [0.2, 0.25) is 0 Å². The maximum absolute atomic E-state index is 12.6. The first-order valence-corrected chi connectivity index (χ1v) is 9.51. The van der Waals surface area contributed by atoms with Gasteiger partial charge in [-0.25, -0.2) is 8.42 Å². The van der Waals surface area contributed by atoms with Gasteiger partial charge in [-0.2, -0.15) is 4.31 Å². The zero-order chi connectivity index (χ0) is 13.6. The van der Waals surface area contributed by atoms with Gasteiger partial charge in [-0.1, -0.05) is 0 Å². The number of likely N-dealkylation sites (N-methyl/N-ethyl adjacent to an activating group) is 1. The van der Waals surface area contributed by atoms with Gasteiger partial charge in [0.2, 0.25) is 0 Å².